The highest BCUT2D eigenvalue weighted by Crippen LogP contribution is 2.33. The molecular formula is C10H12N2O5S. The number of carbonyl (C=O) groups is 1. The van der Waals surface area contributed by atoms with Crippen molar-refractivity contribution in [1.82, 2.24) is 4.89 Å². The molecule has 0 saturated carbocycles. The Morgan fingerprint density at radius 2 is 2.22 bits per heavy atom. The molecule has 1 aromatic rings. The van der Waals surface area contributed by atoms with Crippen LogP contribution in [0.5, 0.6) is 5.75 Å². The number of ether oxygens (including phenoxy) is 1. The van der Waals surface area contributed by atoms with Crippen LogP contribution in [0.1, 0.15) is 6.92 Å². The van der Waals surface area contributed by atoms with Crippen molar-refractivity contribution in [2.45, 2.75) is 11.8 Å². The summed E-state index contributed by atoms with van der Waals surface area (Å²) < 4.78 is 28.2. The number of nitrogens with one attached hydrogen (secondary N) is 1. The monoisotopic (exact) mass is 272 g/mol. The standard InChI is InChI=1S/C10H12N2O5S/c1-7(13)12-4-5-17-10-3-2-8(6-9(10)12)18(15,16)11-14/h2-3,6,11,14H,4-5H2,1H3. The zero-order valence-electron chi connectivity index (χ0n) is 9.58. The zero-order valence-corrected chi connectivity index (χ0v) is 10.4. The molecule has 1 aliphatic rings. The third-order valence-electron chi connectivity index (χ3n) is 2.60. The highest BCUT2D eigenvalue weighted by molar-refractivity contribution is 7.89. The highest BCUT2D eigenvalue weighted by Gasteiger charge is 2.24. The number of sulfonamides is 1. The molecule has 0 aliphatic carbocycles. The molecule has 18 heavy (non-hydrogen) atoms. The van der Waals surface area contributed by atoms with Gasteiger partial charge in [-0.3, -0.25) is 4.79 Å². The van der Waals surface area contributed by atoms with E-state index in [1.807, 2.05) is 0 Å². The second kappa shape index (κ2) is 4.56. The van der Waals surface area contributed by atoms with Gasteiger partial charge >= 0.3 is 0 Å². The van der Waals surface area contributed by atoms with Crippen LogP contribution in [0.25, 0.3) is 0 Å². The SMILES string of the molecule is CC(=O)N1CCOc2ccc(S(=O)(=O)NO)cc21. The molecule has 1 aliphatic heterocycles. The first-order chi connectivity index (χ1) is 8.45. The molecular weight excluding hydrogens is 260 g/mol. The highest BCUT2D eigenvalue weighted by atomic mass is 32.2. The number of benzene rings is 1. The summed E-state index contributed by atoms with van der Waals surface area (Å²) in [4.78, 5) is 14.0. The van der Waals surface area contributed by atoms with Crippen molar-refractivity contribution in [1.29, 1.82) is 0 Å². The first-order valence-corrected chi connectivity index (χ1v) is 6.65. The van der Waals surface area contributed by atoms with E-state index in [0.29, 0.717) is 24.6 Å². The Morgan fingerprint density at radius 3 is 2.83 bits per heavy atom. The molecule has 7 nitrogen and oxygen atoms in total. The van der Waals surface area contributed by atoms with E-state index >= 15 is 0 Å². The molecule has 0 unspecified atom stereocenters. The lowest BCUT2D eigenvalue weighted by Gasteiger charge is -2.28. The third-order valence-corrected chi connectivity index (χ3v) is 3.72. The zero-order chi connectivity index (χ0) is 13.3. The molecule has 2 rings (SSSR count). The number of nitrogens with zero attached hydrogens (tertiary/aromatic N) is 1. The fourth-order valence-electron chi connectivity index (χ4n) is 1.74. The van der Waals surface area contributed by atoms with Crippen LogP contribution in [0.15, 0.2) is 23.1 Å². The van der Waals surface area contributed by atoms with E-state index in [4.69, 9.17) is 9.94 Å². The fraction of sp³-hybridized carbons (Fsp3) is 0.300. The minimum absolute atomic E-state index is 0.138. The van der Waals surface area contributed by atoms with E-state index in [-0.39, 0.29) is 10.8 Å². The van der Waals surface area contributed by atoms with Gasteiger partial charge in [-0.2, -0.15) is 0 Å². The Morgan fingerprint density at radius 1 is 1.50 bits per heavy atom. The van der Waals surface area contributed by atoms with Crippen LogP contribution in [0, 0.1) is 0 Å². The van der Waals surface area contributed by atoms with Crippen LogP contribution in [-0.2, 0) is 14.8 Å². The molecule has 0 atom stereocenters. The van der Waals surface area contributed by atoms with E-state index < -0.39 is 10.0 Å². The second-order valence-electron chi connectivity index (χ2n) is 3.74. The molecule has 0 spiro atoms. The summed E-state index contributed by atoms with van der Waals surface area (Å²) >= 11 is 0. The number of hydrogen-bond donors (Lipinski definition) is 2. The Kier molecular flexibility index (Phi) is 3.24. The first-order valence-electron chi connectivity index (χ1n) is 5.16. The van der Waals surface area contributed by atoms with E-state index in [1.165, 1.54) is 34.9 Å². The summed E-state index contributed by atoms with van der Waals surface area (Å²) in [5, 5.41) is 8.58. The van der Waals surface area contributed by atoms with Crippen LogP contribution in [-0.4, -0.2) is 32.7 Å². The summed E-state index contributed by atoms with van der Waals surface area (Å²) in [7, 11) is -3.97. The van der Waals surface area contributed by atoms with Crippen molar-refractivity contribution >= 4 is 21.6 Å². The summed E-state index contributed by atoms with van der Waals surface area (Å²) in [6.07, 6.45) is 0. The van der Waals surface area contributed by atoms with E-state index in [0.717, 1.165) is 0 Å². The maximum Gasteiger partial charge on any atom is 0.262 e. The quantitative estimate of drug-likeness (QED) is 0.744. The molecule has 0 aromatic heterocycles. The number of fused-ring (bicyclic) bond motifs is 1. The van der Waals surface area contributed by atoms with Gasteiger partial charge in [0.15, 0.2) is 0 Å². The number of amides is 1. The number of carbonyl (C=O) groups excluding carboxylic acids is 1. The lowest BCUT2D eigenvalue weighted by Crippen LogP contribution is -2.36. The van der Waals surface area contributed by atoms with Crippen molar-refractivity contribution in [3.63, 3.8) is 0 Å². The molecule has 0 fully saturated rings. The van der Waals surface area contributed by atoms with Crippen molar-refractivity contribution in [2.24, 2.45) is 0 Å². The Balaban J connectivity index is 2.53. The van der Waals surface area contributed by atoms with Crippen molar-refractivity contribution in [3.05, 3.63) is 18.2 Å². The average molecular weight is 272 g/mol. The smallest absolute Gasteiger partial charge is 0.262 e. The van der Waals surface area contributed by atoms with Crippen molar-refractivity contribution < 1.29 is 23.2 Å². The normalized spacial score (nSPS) is 14.9. The van der Waals surface area contributed by atoms with Crippen molar-refractivity contribution in [3.8, 4) is 5.75 Å². The number of anilines is 1. The molecule has 0 radical (unpaired) electrons. The van der Waals surface area contributed by atoms with E-state index in [9.17, 15) is 13.2 Å². The third kappa shape index (κ3) is 2.17. The van der Waals surface area contributed by atoms with Gasteiger partial charge in [0, 0.05) is 6.92 Å². The predicted octanol–water partition coefficient (Wildman–Crippen LogP) is 0.0994. The Hall–Kier alpha value is -1.64. The largest absolute Gasteiger partial charge is 0.490 e. The number of rotatable bonds is 2. The van der Waals surface area contributed by atoms with Gasteiger partial charge in [0.25, 0.3) is 10.0 Å². The minimum Gasteiger partial charge on any atom is -0.490 e. The van der Waals surface area contributed by atoms with Crippen LogP contribution in [0.2, 0.25) is 0 Å². The van der Waals surface area contributed by atoms with Gasteiger partial charge in [0.05, 0.1) is 17.1 Å². The minimum atomic E-state index is -3.97. The van der Waals surface area contributed by atoms with Crippen molar-refractivity contribution in [2.75, 3.05) is 18.1 Å². The Labute approximate surface area is 104 Å². The van der Waals surface area contributed by atoms with Crippen LogP contribution in [0.4, 0.5) is 5.69 Å². The average Bonchev–Trinajstić information content (AvgIpc) is 2.37. The van der Waals surface area contributed by atoms with Crippen LogP contribution < -0.4 is 14.5 Å². The Bertz CT molecular complexity index is 584. The van der Waals surface area contributed by atoms with E-state index in [2.05, 4.69) is 0 Å². The summed E-state index contributed by atoms with van der Waals surface area (Å²) in [5.41, 5.74) is 0.380. The number of hydrogen-bond acceptors (Lipinski definition) is 5. The van der Waals surface area contributed by atoms with Gasteiger partial charge in [-0.15, -0.1) is 0 Å². The van der Waals surface area contributed by atoms with Crippen LogP contribution in [0.3, 0.4) is 0 Å². The topological polar surface area (TPSA) is 95.9 Å². The molecule has 1 aromatic carbocycles. The molecule has 0 saturated heterocycles. The fourth-order valence-corrected chi connectivity index (χ4v) is 2.36. The summed E-state index contributed by atoms with van der Waals surface area (Å²) in [5.74, 6) is 0.236. The van der Waals surface area contributed by atoms with Crippen LogP contribution >= 0.6 is 0 Å². The van der Waals surface area contributed by atoms with Gasteiger partial charge in [-0.05, 0) is 18.2 Å². The summed E-state index contributed by atoms with van der Waals surface area (Å²) in [6.45, 7) is 2.11. The predicted molar refractivity (Wildman–Crippen MR) is 62.1 cm³/mol. The first kappa shape index (κ1) is 12.8. The second-order valence-corrected chi connectivity index (χ2v) is 5.40. The molecule has 8 heteroatoms. The van der Waals surface area contributed by atoms with Gasteiger partial charge in [-0.25, -0.2) is 8.42 Å². The molecule has 1 amide bonds. The maximum atomic E-state index is 11.5. The lowest BCUT2D eigenvalue weighted by molar-refractivity contribution is -0.116. The maximum absolute atomic E-state index is 11.5. The molecule has 2 N–H and O–H groups in total. The molecule has 0 bridgehead atoms. The van der Waals surface area contributed by atoms with E-state index in [1.54, 1.807) is 0 Å². The molecule has 98 valence electrons. The molecule has 1 heterocycles. The van der Waals surface area contributed by atoms with Gasteiger partial charge in [0.2, 0.25) is 5.91 Å². The lowest BCUT2D eigenvalue weighted by atomic mass is 10.2. The van der Waals surface area contributed by atoms with Gasteiger partial charge in [0.1, 0.15) is 12.4 Å². The van der Waals surface area contributed by atoms with Gasteiger partial charge < -0.3 is 14.8 Å². The summed E-state index contributed by atoms with van der Waals surface area (Å²) in [6, 6.07) is 4.03. The van der Waals surface area contributed by atoms with Gasteiger partial charge in [-0.1, -0.05) is 4.89 Å².